The van der Waals surface area contributed by atoms with Crippen LogP contribution in [-0.4, -0.2) is 28.9 Å². The van der Waals surface area contributed by atoms with E-state index in [0.29, 0.717) is 0 Å². The zero-order valence-electron chi connectivity index (χ0n) is 12.5. The predicted octanol–water partition coefficient (Wildman–Crippen LogP) is 2.71. The molecule has 1 aromatic rings. The molecule has 0 aromatic heterocycles. The van der Waals surface area contributed by atoms with E-state index in [-0.39, 0.29) is 16.3 Å². The molecule has 0 bridgehead atoms. The minimum Gasteiger partial charge on any atom is -0.452 e. The van der Waals surface area contributed by atoms with Crippen LogP contribution in [0.5, 0.6) is 0 Å². The van der Waals surface area contributed by atoms with Gasteiger partial charge in [0.2, 0.25) is 0 Å². The first-order valence-electron chi connectivity index (χ1n) is 6.58. The zero-order chi connectivity index (χ0) is 16.9. The summed E-state index contributed by atoms with van der Waals surface area (Å²) in [7, 11) is 0. The van der Waals surface area contributed by atoms with E-state index in [0.717, 1.165) is 18.6 Å². The van der Waals surface area contributed by atoms with Gasteiger partial charge < -0.3 is 10.1 Å². The molecule has 7 nitrogen and oxygen atoms in total. The molecular weight excluding hydrogens is 312 g/mol. The molecule has 1 amide bonds. The molecule has 0 heterocycles. The summed E-state index contributed by atoms with van der Waals surface area (Å²) < 4.78 is 4.86. The summed E-state index contributed by atoms with van der Waals surface area (Å²) in [5, 5.41) is 13.2. The summed E-state index contributed by atoms with van der Waals surface area (Å²) >= 11 is 5.81. The summed E-state index contributed by atoms with van der Waals surface area (Å²) in [6.07, 6.45) is 0.723. The van der Waals surface area contributed by atoms with E-state index in [1.54, 1.807) is 0 Å². The molecule has 0 radical (unpaired) electrons. The monoisotopic (exact) mass is 328 g/mol. The maximum absolute atomic E-state index is 11.8. The second kappa shape index (κ2) is 7.22. The molecule has 1 aromatic carbocycles. The van der Waals surface area contributed by atoms with Gasteiger partial charge in [-0.15, -0.1) is 0 Å². The SMILES string of the molecule is CCC(C)(C)NC(=O)COC(=O)c1ccc([N+](=O)[O-])cc1Cl. The van der Waals surface area contributed by atoms with Gasteiger partial charge in [-0.25, -0.2) is 4.79 Å². The molecule has 0 atom stereocenters. The number of hydrogen-bond donors (Lipinski definition) is 1. The van der Waals surface area contributed by atoms with Crippen molar-refractivity contribution in [2.75, 3.05) is 6.61 Å². The molecule has 0 aliphatic rings. The second-order valence-corrected chi connectivity index (χ2v) is 5.69. The number of hydrogen-bond acceptors (Lipinski definition) is 5. The van der Waals surface area contributed by atoms with Crippen LogP contribution in [0.25, 0.3) is 0 Å². The number of non-ortho nitro benzene ring substituents is 1. The lowest BCUT2D eigenvalue weighted by Crippen LogP contribution is -2.44. The van der Waals surface area contributed by atoms with Gasteiger partial charge in [0.25, 0.3) is 11.6 Å². The van der Waals surface area contributed by atoms with Gasteiger partial charge in [-0.2, -0.15) is 0 Å². The third-order valence-corrected chi connectivity index (χ3v) is 3.39. The van der Waals surface area contributed by atoms with Crippen LogP contribution in [0.4, 0.5) is 5.69 Å². The van der Waals surface area contributed by atoms with Crippen LogP contribution in [0.1, 0.15) is 37.6 Å². The first kappa shape index (κ1) is 17.9. The van der Waals surface area contributed by atoms with E-state index < -0.39 is 28.9 Å². The van der Waals surface area contributed by atoms with Crippen molar-refractivity contribution in [1.82, 2.24) is 5.32 Å². The molecular formula is C14H17ClN2O5. The third-order valence-electron chi connectivity index (χ3n) is 3.08. The number of nitro groups is 1. The highest BCUT2D eigenvalue weighted by molar-refractivity contribution is 6.33. The first-order valence-corrected chi connectivity index (χ1v) is 6.96. The Kier molecular flexibility index (Phi) is 5.87. The Hall–Kier alpha value is -2.15. The van der Waals surface area contributed by atoms with Gasteiger partial charge in [-0.05, 0) is 26.3 Å². The molecule has 0 saturated carbocycles. The fraction of sp³-hybridized carbons (Fsp3) is 0.429. The lowest BCUT2D eigenvalue weighted by molar-refractivity contribution is -0.384. The number of amides is 1. The van der Waals surface area contributed by atoms with E-state index in [1.165, 1.54) is 6.07 Å². The maximum Gasteiger partial charge on any atom is 0.340 e. The van der Waals surface area contributed by atoms with Crippen LogP contribution in [-0.2, 0) is 9.53 Å². The van der Waals surface area contributed by atoms with Gasteiger partial charge in [0.15, 0.2) is 6.61 Å². The van der Waals surface area contributed by atoms with Crippen molar-refractivity contribution in [1.29, 1.82) is 0 Å². The number of ether oxygens (including phenoxy) is 1. The van der Waals surface area contributed by atoms with E-state index in [1.807, 2.05) is 20.8 Å². The van der Waals surface area contributed by atoms with Gasteiger partial charge >= 0.3 is 5.97 Å². The topological polar surface area (TPSA) is 98.5 Å². The zero-order valence-corrected chi connectivity index (χ0v) is 13.3. The number of halogens is 1. The normalized spacial score (nSPS) is 10.9. The summed E-state index contributed by atoms with van der Waals surface area (Å²) in [5.74, 6) is -1.25. The Morgan fingerprint density at radius 1 is 1.41 bits per heavy atom. The van der Waals surface area contributed by atoms with Gasteiger partial charge in [-0.1, -0.05) is 18.5 Å². The molecule has 22 heavy (non-hydrogen) atoms. The Balaban J connectivity index is 2.67. The predicted molar refractivity (Wildman–Crippen MR) is 80.9 cm³/mol. The van der Waals surface area contributed by atoms with E-state index in [2.05, 4.69) is 5.32 Å². The number of rotatable bonds is 6. The highest BCUT2D eigenvalue weighted by atomic mass is 35.5. The van der Waals surface area contributed by atoms with Crippen molar-refractivity contribution in [2.45, 2.75) is 32.7 Å². The van der Waals surface area contributed by atoms with E-state index in [9.17, 15) is 19.7 Å². The van der Waals surface area contributed by atoms with E-state index in [4.69, 9.17) is 16.3 Å². The largest absolute Gasteiger partial charge is 0.452 e. The number of benzene rings is 1. The van der Waals surface area contributed by atoms with Gasteiger partial charge in [0, 0.05) is 17.7 Å². The molecule has 0 saturated heterocycles. The number of nitrogens with zero attached hydrogens (tertiary/aromatic N) is 1. The van der Waals surface area contributed by atoms with Crippen LogP contribution >= 0.6 is 11.6 Å². The van der Waals surface area contributed by atoms with Crippen molar-refractivity contribution in [2.24, 2.45) is 0 Å². The second-order valence-electron chi connectivity index (χ2n) is 5.28. The fourth-order valence-corrected chi connectivity index (χ4v) is 1.75. The summed E-state index contributed by atoms with van der Waals surface area (Å²) in [4.78, 5) is 33.5. The molecule has 0 spiro atoms. The average molecular weight is 329 g/mol. The Labute approximate surface area is 132 Å². The minimum absolute atomic E-state index is 0.0326. The molecule has 0 aliphatic carbocycles. The molecule has 0 aliphatic heterocycles. The Bertz CT molecular complexity index is 601. The number of nitrogens with one attached hydrogen (secondary N) is 1. The van der Waals surface area contributed by atoms with Crippen LogP contribution in [0.2, 0.25) is 5.02 Å². The van der Waals surface area contributed by atoms with E-state index >= 15 is 0 Å². The van der Waals surface area contributed by atoms with Gasteiger partial charge in [-0.3, -0.25) is 14.9 Å². The van der Waals surface area contributed by atoms with Crippen molar-refractivity contribution < 1.29 is 19.2 Å². The lowest BCUT2D eigenvalue weighted by Gasteiger charge is -2.24. The molecule has 1 N–H and O–H groups in total. The van der Waals surface area contributed by atoms with Crippen molar-refractivity contribution in [3.8, 4) is 0 Å². The molecule has 0 unspecified atom stereocenters. The molecule has 120 valence electrons. The standard InChI is InChI=1S/C14H17ClN2O5/c1-4-14(2,3)16-12(18)8-22-13(19)10-6-5-9(17(20)21)7-11(10)15/h5-7H,4,8H2,1-3H3,(H,16,18). The quantitative estimate of drug-likeness (QED) is 0.492. The number of nitro benzene ring substituents is 1. The number of carbonyl (C=O) groups is 2. The molecule has 1 rings (SSSR count). The third kappa shape index (κ3) is 5.00. The van der Waals surface area contributed by atoms with Crippen LogP contribution < -0.4 is 5.32 Å². The molecule has 0 fully saturated rings. The van der Waals surface area contributed by atoms with Gasteiger partial charge in [0.05, 0.1) is 15.5 Å². The summed E-state index contributed by atoms with van der Waals surface area (Å²) in [6, 6.07) is 3.39. The maximum atomic E-state index is 11.8. The fourth-order valence-electron chi connectivity index (χ4n) is 1.49. The van der Waals surface area contributed by atoms with Crippen LogP contribution in [0, 0.1) is 10.1 Å². The van der Waals surface area contributed by atoms with Crippen molar-refractivity contribution >= 4 is 29.2 Å². The molecule has 8 heteroatoms. The summed E-state index contributed by atoms with van der Waals surface area (Å²) in [6.45, 7) is 5.17. The Morgan fingerprint density at radius 2 is 2.05 bits per heavy atom. The lowest BCUT2D eigenvalue weighted by atomic mass is 10.0. The Morgan fingerprint density at radius 3 is 2.55 bits per heavy atom. The van der Waals surface area contributed by atoms with Crippen molar-refractivity contribution in [3.05, 3.63) is 38.9 Å². The minimum atomic E-state index is -0.815. The summed E-state index contributed by atoms with van der Waals surface area (Å²) in [5.41, 5.74) is -0.659. The highest BCUT2D eigenvalue weighted by Gasteiger charge is 2.20. The number of esters is 1. The van der Waals surface area contributed by atoms with Crippen molar-refractivity contribution in [3.63, 3.8) is 0 Å². The number of carbonyl (C=O) groups excluding carboxylic acids is 2. The van der Waals surface area contributed by atoms with Crippen LogP contribution in [0.3, 0.4) is 0 Å². The first-order chi connectivity index (χ1) is 10.2. The smallest absolute Gasteiger partial charge is 0.340 e. The van der Waals surface area contributed by atoms with Crippen LogP contribution in [0.15, 0.2) is 18.2 Å². The highest BCUT2D eigenvalue weighted by Crippen LogP contribution is 2.23. The van der Waals surface area contributed by atoms with Gasteiger partial charge in [0.1, 0.15) is 0 Å². The average Bonchev–Trinajstić information content (AvgIpc) is 2.44.